The average Bonchev–Trinajstić information content (AvgIpc) is 2.64. The van der Waals surface area contributed by atoms with Gasteiger partial charge in [0.1, 0.15) is 6.04 Å². The Kier molecular flexibility index (Phi) is 2.67. The maximum Gasteiger partial charge on any atom is 0.262 e. The van der Waals surface area contributed by atoms with Gasteiger partial charge in [-0.15, -0.1) is 0 Å². The summed E-state index contributed by atoms with van der Waals surface area (Å²) in [6.07, 6.45) is 0.304. The van der Waals surface area contributed by atoms with E-state index in [1.807, 2.05) is 0 Å². The lowest BCUT2D eigenvalue weighted by Crippen LogP contribution is -2.54. The molecule has 4 amide bonds. The second-order valence-electron chi connectivity index (χ2n) is 4.94. The number of hydrogen-bond acceptors (Lipinski definition) is 4. The van der Waals surface area contributed by atoms with Gasteiger partial charge in [-0.25, -0.2) is 0 Å². The van der Waals surface area contributed by atoms with Gasteiger partial charge in [0, 0.05) is 6.42 Å². The SMILES string of the molecule is Cc1cccc2c1C(=O)N([C@H]1CCC(=O)NC1=O)C2=O. The summed E-state index contributed by atoms with van der Waals surface area (Å²) in [5.41, 5.74) is 1.37. The zero-order valence-electron chi connectivity index (χ0n) is 10.8. The number of benzene rings is 1. The molecule has 1 N–H and O–H groups in total. The monoisotopic (exact) mass is 272 g/mol. The standard InChI is InChI=1S/C14H12N2O4/c1-7-3-2-4-8-11(7)14(20)16(13(8)19)9-5-6-10(17)15-12(9)18/h2-4,9H,5-6H2,1H3,(H,15,17,18)/t9-/m0/s1. The van der Waals surface area contributed by atoms with Gasteiger partial charge >= 0.3 is 0 Å². The number of nitrogens with one attached hydrogen (secondary N) is 1. The lowest BCUT2D eigenvalue weighted by Gasteiger charge is -2.27. The quantitative estimate of drug-likeness (QED) is 0.750. The van der Waals surface area contributed by atoms with E-state index in [4.69, 9.17) is 0 Å². The number of amides is 4. The highest BCUT2D eigenvalue weighted by Crippen LogP contribution is 2.29. The van der Waals surface area contributed by atoms with Crippen molar-refractivity contribution in [3.8, 4) is 0 Å². The van der Waals surface area contributed by atoms with Crippen LogP contribution in [0.1, 0.15) is 39.1 Å². The van der Waals surface area contributed by atoms with Gasteiger partial charge in [0.15, 0.2) is 0 Å². The molecule has 0 unspecified atom stereocenters. The van der Waals surface area contributed by atoms with Crippen LogP contribution in [-0.2, 0) is 9.59 Å². The number of nitrogens with zero attached hydrogens (tertiary/aromatic N) is 1. The van der Waals surface area contributed by atoms with E-state index in [0.717, 1.165) is 4.90 Å². The third-order valence-electron chi connectivity index (χ3n) is 3.68. The molecule has 6 heteroatoms. The van der Waals surface area contributed by atoms with Crippen molar-refractivity contribution in [2.24, 2.45) is 0 Å². The molecule has 0 saturated carbocycles. The molecule has 2 aliphatic heterocycles. The summed E-state index contributed by atoms with van der Waals surface area (Å²) in [4.78, 5) is 48.7. The largest absolute Gasteiger partial charge is 0.295 e. The highest BCUT2D eigenvalue weighted by atomic mass is 16.2. The number of fused-ring (bicyclic) bond motifs is 1. The van der Waals surface area contributed by atoms with Crippen LogP contribution >= 0.6 is 0 Å². The van der Waals surface area contributed by atoms with Crippen LogP contribution in [0.2, 0.25) is 0 Å². The molecule has 1 aromatic carbocycles. The summed E-state index contributed by atoms with van der Waals surface area (Å²) >= 11 is 0. The molecule has 0 bridgehead atoms. The molecule has 2 heterocycles. The van der Waals surface area contributed by atoms with Crippen molar-refractivity contribution in [3.05, 3.63) is 34.9 Å². The first-order valence-electron chi connectivity index (χ1n) is 6.32. The zero-order valence-corrected chi connectivity index (χ0v) is 10.8. The van der Waals surface area contributed by atoms with Crippen molar-refractivity contribution >= 4 is 23.6 Å². The van der Waals surface area contributed by atoms with Gasteiger partial charge in [0.05, 0.1) is 11.1 Å². The Morgan fingerprint density at radius 3 is 2.55 bits per heavy atom. The fraction of sp³-hybridized carbons (Fsp3) is 0.286. The number of imide groups is 2. The predicted molar refractivity (Wildman–Crippen MR) is 67.9 cm³/mol. The summed E-state index contributed by atoms with van der Waals surface area (Å²) in [6, 6.07) is 4.12. The Bertz CT molecular complexity index is 665. The second kappa shape index (κ2) is 4.26. The Morgan fingerprint density at radius 2 is 1.90 bits per heavy atom. The molecule has 20 heavy (non-hydrogen) atoms. The van der Waals surface area contributed by atoms with Gasteiger partial charge in [-0.05, 0) is 25.0 Å². The van der Waals surface area contributed by atoms with Crippen LogP contribution in [0, 0.1) is 6.92 Å². The summed E-state index contributed by atoms with van der Waals surface area (Å²) in [7, 11) is 0. The van der Waals surface area contributed by atoms with Gasteiger partial charge in [-0.3, -0.25) is 29.4 Å². The maximum atomic E-state index is 12.4. The molecule has 2 aliphatic rings. The molecule has 0 spiro atoms. The summed E-state index contributed by atoms with van der Waals surface area (Å²) in [5.74, 6) is -1.90. The van der Waals surface area contributed by atoms with Crippen molar-refractivity contribution in [3.63, 3.8) is 0 Å². The predicted octanol–water partition coefficient (Wildman–Crippen LogP) is 0.396. The molecular weight excluding hydrogens is 260 g/mol. The molecule has 1 atom stereocenters. The smallest absolute Gasteiger partial charge is 0.262 e. The number of piperidine rings is 1. The van der Waals surface area contributed by atoms with Crippen molar-refractivity contribution in [1.29, 1.82) is 0 Å². The van der Waals surface area contributed by atoms with Crippen LogP contribution in [0.3, 0.4) is 0 Å². The average molecular weight is 272 g/mol. The number of rotatable bonds is 1. The van der Waals surface area contributed by atoms with Crippen LogP contribution in [0.4, 0.5) is 0 Å². The van der Waals surface area contributed by atoms with Gasteiger partial charge < -0.3 is 0 Å². The number of carbonyl (C=O) groups is 4. The molecule has 0 aromatic heterocycles. The van der Waals surface area contributed by atoms with Crippen molar-refractivity contribution < 1.29 is 19.2 Å². The molecule has 1 aromatic rings. The van der Waals surface area contributed by atoms with Crippen molar-refractivity contribution in [2.45, 2.75) is 25.8 Å². The molecule has 0 radical (unpaired) electrons. The zero-order chi connectivity index (χ0) is 14.4. The molecule has 6 nitrogen and oxygen atoms in total. The van der Waals surface area contributed by atoms with Crippen LogP contribution in [0.15, 0.2) is 18.2 Å². The fourth-order valence-corrected chi connectivity index (χ4v) is 2.68. The van der Waals surface area contributed by atoms with E-state index in [1.165, 1.54) is 0 Å². The lowest BCUT2D eigenvalue weighted by molar-refractivity contribution is -0.136. The normalized spacial score (nSPS) is 22.1. The topological polar surface area (TPSA) is 83.6 Å². The molecule has 1 fully saturated rings. The number of aryl methyl sites for hydroxylation is 1. The molecule has 102 valence electrons. The van der Waals surface area contributed by atoms with Gasteiger partial charge in [-0.1, -0.05) is 12.1 Å². The minimum atomic E-state index is -0.903. The van der Waals surface area contributed by atoms with E-state index < -0.39 is 23.8 Å². The molecule has 0 aliphatic carbocycles. The van der Waals surface area contributed by atoms with Gasteiger partial charge in [0.25, 0.3) is 11.8 Å². The number of carbonyl (C=O) groups excluding carboxylic acids is 4. The molecular formula is C14H12N2O4. The summed E-state index contributed by atoms with van der Waals surface area (Å²) < 4.78 is 0. The molecule has 3 rings (SSSR count). The van der Waals surface area contributed by atoms with Crippen molar-refractivity contribution in [2.75, 3.05) is 0 Å². The summed E-state index contributed by atoms with van der Waals surface area (Å²) in [6.45, 7) is 1.75. The Balaban J connectivity index is 2.00. The second-order valence-corrected chi connectivity index (χ2v) is 4.94. The van der Waals surface area contributed by atoms with Crippen LogP contribution in [0.25, 0.3) is 0 Å². The first-order chi connectivity index (χ1) is 9.50. The Labute approximate surface area is 114 Å². The van der Waals surface area contributed by atoms with E-state index in [2.05, 4.69) is 5.32 Å². The fourth-order valence-electron chi connectivity index (χ4n) is 2.68. The van der Waals surface area contributed by atoms with E-state index in [1.54, 1.807) is 25.1 Å². The summed E-state index contributed by atoms with van der Waals surface area (Å²) in [5, 5.41) is 2.16. The Morgan fingerprint density at radius 1 is 1.15 bits per heavy atom. The van der Waals surface area contributed by atoms with E-state index in [0.29, 0.717) is 16.7 Å². The van der Waals surface area contributed by atoms with Gasteiger partial charge in [-0.2, -0.15) is 0 Å². The van der Waals surface area contributed by atoms with E-state index >= 15 is 0 Å². The van der Waals surface area contributed by atoms with Crippen LogP contribution < -0.4 is 5.32 Å². The lowest BCUT2D eigenvalue weighted by atomic mass is 10.0. The highest BCUT2D eigenvalue weighted by Gasteiger charge is 2.44. The first-order valence-corrected chi connectivity index (χ1v) is 6.32. The Hall–Kier alpha value is -2.50. The van der Waals surface area contributed by atoms with Crippen LogP contribution in [0.5, 0.6) is 0 Å². The first kappa shape index (κ1) is 12.5. The van der Waals surface area contributed by atoms with E-state index in [9.17, 15) is 19.2 Å². The van der Waals surface area contributed by atoms with Crippen molar-refractivity contribution in [1.82, 2.24) is 10.2 Å². The third kappa shape index (κ3) is 1.65. The molecule has 1 saturated heterocycles. The maximum absolute atomic E-state index is 12.4. The van der Waals surface area contributed by atoms with E-state index in [-0.39, 0.29) is 18.7 Å². The third-order valence-corrected chi connectivity index (χ3v) is 3.68. The minimum absolute atomic E-state index is 0.128. The number of hydrogen-bond donors (Lipinski definition) is 1. The van der Waals surface area contributed by atoms with Gasteiger partial charge in [0.2, 0.25) is 11.8 Å². The minimum Gasteiger partial charge on any atom is -0.295 e. The van der Waals surface area contributed by atoms with Crippen LogP contribution in [-0.4, -0.2) is 34.6 Å². The highest BCUT2D eigenvalue weighted by molar-refractivity contribution is 6.24.